The summed E-state index contributed by atoms with van der Waals surface area (Å²) in [6, 6.07) is 11.6. The molecule has 0 N–H and O–H groups in total. The molecule has 0 saturated heterocycles. The summed E-state index contributed by atoms with van der Waals surface area (Å²) in [5.74, 6) is 2.30. The van der Waals surface area contributed by atoms with Crippen LogP contribution in [0.2, 0.25) is 10.0 Å². The zero-order valence-corrected chi connectivity index (χ0v) is 17.8. The number of benzene rings is 2. The minimum Gasteiger partial charge on any atom is -0.485 e. The van der Waals surface area contributed by atoms with Gasteiger partial charge in [0.1, 0.15) is 12.4 Å². The van der Waals surface area contributed by atoms with Gasteiger partial charge in [0.05, 0.1) is 0 Å². The van der Waals surface area contributed by atoms with Gasteiger partial charge in [-0.05, 0) is 55.7 Å². The Morgan fingerprint density at radius 2 is 1.74 bits per heavy atom. The molecule has 3 aromatic rings. The highest BCUT2D eigenvalue weighted by Crippen LogP contribution is 2.31. The minimum absolute atomic E-state index is 0.374. The summed E-state index contributed by atoms with van der Waals surface area (Å²) in [5.41, 5.74) is 3.25. The molecule has 0 amide bonds. The van der Waals surface area contributed by atoms with E-state index < -0.39 is 0 Å². The van der Waals surface area contributed by atoms with Crippen LogP contribution in [0.1, 0.15) is 29.4 Å². The molecule has 0 saturated carbocycles. The van der Waals surface area contributed by atoms with Crippen LogP contribution in [0.3, 0.4) is 0 Å². The Labute approximate surface area is 173 Å². The predicted molar refractivity (Wildman–Crippen MR) is 112 cm³/mol. The fraction of sp³-hybridized carbons (Fsp3) is 0.300. The molecule has 0 aliphatic rings. The van der Waals surface area contributed by atoms with Gasteiger partial charge < -0.3 is 9.30 Å². The van der Waals surface area contributed by atoms with Gasteiger partial charge in [0.15, 0.2) is 11.0 Å². The molecule has 0 atom stereocenters. The van der Waals surface area contributed by atoms with Crippen LogP contribution in [0.5, 0.6) is 5.75 Å². The Hall–Kier alpha value is -1.69. The van der Waals surface area contributed by atoms with Gasteiger partial charge in [-0.2, -0.15) is 0 Å². The summed E-state index contributed by atoms with van der Waals surface area (Å²) in [6.07, 6.45) is 0. The number of hydrogen-bond acceptors (Lipinski definition) is 4. The maximum absolute atomic E-state index is 6.26. The third kappa shape index (κ3) is 4.60. The van der Waals surface area contributed by atoms with Crippen LogP contribution in [0, 0.1) is 13.8 Å². The van der Waals surface area contributed by atoms with E-state index in [2.05, 4.69) is 41.6 Å². The monoisotopic (exact) mass is 421 g/mol. The average molecular weight is 422 g/mol. The molecule has 0 aliphatic heterocycles. The normalized spacial score (nSPS) is 11.0. The van der Waals surface area contributed by atoms with E-state index in [9.17, 15) is 0 Å². The second-order valence-electron chi connectivity index (χ2n) is 6.12. The Balaban J connectivity index is 1.72. The van der Waals surface area contributed by atoms with Crippen molar-refractivity contribution in [3.63, 3.8) is 0 Å². The van der Waals surface area contributed by atoms with Gasteiger partial charge >= 0.3 is 0 Å². The summed E-state index contributed by atoms with van der Waals surface area (Å²) >= 11 is 14.1. The Bertz CT molecular complexity index is 923. The third-order valence-corrected chi connectivity index (χ3v) is 6.13. The fourth-order valence-corrected chi connectivity index (χ4v) is 4.44. The van der Waals surface area contributed by atoms with Crippen molar-refractivity contribution in [2.45, 2.75) is 44.8 Å². The van der Waals surface area contributed by atoms with Crippen molar-refractivity contribution < 1.29 is 4.74 Å². The Morgan fingerprint density at radius 3 is 2.44 bits per heavy atom. The quantitative estimate of drug-likeness (QED) is 0.432. The lowest BCUT2D eigenvalue weighted by Crippen LogP contribution is -2.07. The van der Waals surface area contributed by atoms with Crippen molar-refractivity contribution in [3.05, 3.63) is 69.0 Å². The van der Waals surface area contributed by atoms with Crippen LogP contribution >= 0.6 is 35.0 Å². The molecule has 0 aliphatic carbocycles. The summed E-state index contributed by atoms with van der Waals surface area (Å²) in [4.78, 5) is 0. The zero-order valence-electron chi connectivity index (χ0n) is 15.5. The number of rotatable bonds is 7. The largest absolute Gasteiger partial charge is 0.485 e. The lowest BCUT2D eigenvalue weighted by Gasteiger charge is -2.12. The van der Waals surface area contributed by atoms with Crippen molar-refractivity contribution in [2.24, 2.45) is 0 Å². The summed E-state index contributed by atoms with van der Waals surface area (Å²) in [7, 11) is 0. The summed E-state index contributed by atoms with van der Waals surface area (Å²) in [5, 5.41) is 10.8. The highest BCUT2D eigenvalue weighted by Gasteiger charge is 2.14. The van der Waals surface area contributed by atoms with Gasteiger partial charge in [-0.1, -0.05) is 53.2 Å². The molecule has 7 heteroatoms. The van der Waals surface area contributed by atoms with Gasteiger partial charge in [-0.15, -0.1) is 10.2 Å². The zero-order chi connectivity index (χ0) is 19.4. The third-order valence-electron chi connectivity index (χ3n) is 4.43. The number of hydrogen-bond donors (Lipinski definition) is 0. The predicted octanol–water partition coefficient (Wildman–Crippen LogP) is 6.09. The first-order valence-electron chi connectivity index (χ1n) is 8.68. The number of halogens is 2. The molecule has 1 heterocycles. The van der Waals surface area contributed by atoms with Crippen LogP contribution < -0.4 is 4.74 Å². The van der Waals surface area contributed by atoms with Gasteiger partial charge in [0, 0.05) is 22.3 Å². The van der Waals surface area contributed by atoms with E-state index in [1.54, 1.807) is 11.8 Å². The molecule has 1 aromatic heterocycles. The van der Waals surface area contributed by atoms with Crippen molar-refractivity contribution >= 4 is 35.0 Å². The maximum Gasteiger partial charge on any atom is 0.191 e. The van der Waals surface area contributed by atoms with E-state index in [4.69, 9.17) is 27.9 Å². The second-order valence-corrected chi connectivity index (χ2v) is 7.88. The van der Waals surface area contributed by atoms with Crippen molar-refractivity contribution in [1.29, 1.82) is 0 Å². The van der Waals surface area contributed by atoms with E-state index in [0.29, 0.717) is 22.4 Å². The van der Waals surface area contributed by atoms with E-state index in [1.165, 1.54) is 5.56 Å². The molecule has 0 unspecified atom stereocenters. The first-order chi connectivity index (χ1) is 13.0. The number of thioether (sulfide) groups is 1. The molecule has 0 fully saturated rings. The van der Waals surface area contributed by atoms with Gasteiger partial charge in [0.2, 0.25) is 0 Å². The standard InChI is InChI=1S/C20H21Cl2N3OS/c1-4-25-19(11-26-18-10-5-7-13(2)14(18)3)23-24-20(25)27-12-15-16(21)8-6-9-17(15)22/h5-10H,4,11-12H2,1-3H3. The number of aryl methyl sites for hydroxylation is 1. The minimum atomic E-state index is 0.374. The molecule has 0 radical (unpaired) electrons. The smallest absolute Gasteiger partial charge is 0.191 e. The number of aromatic nitrogens is 3. The molecule has 142 valence electrons. The van der Waals surface area contributed by atoms with Gasteiger partial charge in [-0.25, -0.2) is 0 Å². The first kappa shape index (κ1) is 20.1. The van der Waals surface area contributed by atoms with Crippen LogP contribution in [0.15, 0.2) is 41.6 Å². The lowest BCUT2D eigenvalue weighted by molar-refractivity contribution is 0.286. The number of nitrogens with zero attached hydrogens (tertiary/aromatic N) is 3. The highest BCUT2D eigenvalue weighted by atomic mass is 35.5. The molecule has 0 bridgehead atoms. The maximum atomic E-state index is 6.26. The molecular weight excluding hydrogens is 401 g/mol. The van der Waals surface area contributed by atoms with E-state index in [0.717, 1.165) is 34.4 Å². The Morgan fingerprint density at radius 1 is 1.04 bits per heavy atom. The van der Waals surface area contributed by atoms with E-state index in [1.807, 2.05) is 30.3 Å². The van der Waals surface area contributed by atoms with Gasteiger partial charge in [0.25, 0.3) is 0 Å². The van der Waals surface area contributed by atoms with Crippen molar-refractivity contribution in [3.8, 4) is 5.75 Å². The first-order valence-corrected chi connectivity index (χ1v) is 10.4. The van der Waals surface area contributed by atoms with E-state index >= 15 is 0 Å². The Kier molecular flexibility index (Phi) is 6.68. The molecule has 0 spiro atoms. The molecule has 2 aromatic carbocycles. The lowest BCUT2D eigenvalue weighted by atomic mass is 10.1. The van der Waals surface area contributed by atoms with Crippen molar-refractivity contribution in [1.82, 2.24) is 14.8 Å². The molecular formula is C20H21Cl2N3OS. The van der Waals surface area contributed by atoms with Crippen LogP contribution in [0.25, 0.3) is 0 Å². The number of ether oxygens (including phenoxy) is 1. The molecule has 3 rings (SSSR count). The summed E-state index contributed by atoms with van der Waals surface area (Å²) in [6.45, 7) is 7.34. The van der Waals surface area contributed by atoms with Crippen LogP contribution in [-0.2, 0) is 18.9 Å². The van der Waals surface area contributed by atoms with Crippen molar-refractivity contribution in [2.75, 3.05) is 0 Å². The molecule has 4 nitrogen and oxygen atoms in total. The highest BCUT2D eigenvalue weighted by molar-refractivity contribution is 7.98. The second kappa shape index (κ2) is 9.00. The molecule has 27 heavy (non-hydrogen) atoms. The van der Waals surface area contributed by atoms with Crippen LogP contribution in [-0.4, -0.2) is 14.8 Å². The topological polar surface area (TPSA) is 39.9 Å². The summed E-state index contributed by atoms with van der Waals surface area (Å²) < 4.78 is 8.04. The van der Waals surface area contributed by atoms with Crippen LogP contribution in [0.4, 0.5) is 0 Å². The van der Waals surface area contributed by atoms with Gasteiger partial charge in [-0.3, -0.25) is 0 Å². The van der Waals surface area contributed by atoms with E-state index in [-0.39, 0.29) is 0 Å². The average Bonchev–Trinajstić information content (AvgIpc) is 3.04. The SMILES string of the molecule is CCn1c(COc2cccc(C)c2C)nnc1SCc1c(Cl)cccc1Cl. The fourth-order valence-electron chi connectivity index (χ4n) is 2.68.